The van der Waals surface area contributed by atoms with E-state index in [1.807, 2.05) is 25.1 Å². The van der Waals surface area contributed by atoms with Gasteiger partial charge in [0, 0.05) is 8.95 Å². The van der Waals surface area contributed by atoms with Gasteiger partial charge in [-0.1, -0.05) is 33.6 Å². The first kappa shape index (κ1) is 16.3. The molecule has 1 N–H and O–H groups in total. The summed E-state index contributed by atoms with van der Waals surface area (Å²) in [5.41, 5.74) is 1.81. The van der Waals surface area contributed by atoms with Gasteiger partial charge < -0.3 is 10.1 Å². The summed E-state index contributed by atoms with van der Waals surface area (Å²) in [4.78, 5) is 11.9. The first-order valence-corrected chi connectivity index (χ1v) is 8.06. The molecule has 2 aromatic carbocycles. The molecule has 0 saturated carbocycles. The predicted molar refractivity (Wildman–Crippen MR) is 92.2 cm³/mol. The van der Waals surface area contributed by atoms with Crippen LogP contribution in [0, 0.1) is 6.92 Å². The average molecular weight is 434 g/mol. The molecule has 0 atom stereocenters. The fraction of sp³-hybridized carbons (Fsp3) is 0.133. The summed E-state index contributed by atoms with van der Waals surface area (Å²) in [6, 6.07) is 10.9. The van der Waals surface area contributed by atoms with Crippen LogP contribution in [0.2, 0.25) is 5.02 Å². The molecule has 110 valence electrons. The Labute approximate surface area is 144 Å². The minimum Gasteiger partial charge on any atom is -0.482 e. The van der Waals surface area contributed by atoms with E-state index in [0.717, 1.165) is 14.5 Å². The minimum absolute atomic E-state index is 0.109. The van der Waals surface area contributed by atoms with Crippen molar-refractivity contribution >= 4 is 55.1 Å². The summed E-state index contributed by atoms with van der Waals surface area (Å²) < 4.78 is 7.09. The lowest BCUT2D eigenvalue weighted by atomic mass is 10.2. The van der Waals surface area contributed by atoms with Gasteiger partial charge in [0.2, 0.25) is 0 Å². The largest absolute Gasteiger partial charge is 0.482 e. The standard InChI is InChI=1S/C15H12Br2ClNO2/c1-9-2-4-13(11(17)6-9)19-15(20)8-21-14-5-3-10(16)7-12(14)18/h2-7H,8H2,1H3,(H,19,20). The summed E-state index contributed by atoms with van der Waals surface area (Å²) in [6.45, 7) is 1.87. The first-order valence-electron chi connectivity index (χ1n) is 6.09. The van der Waals surface area contributed by atoms with Crippen LogP contribution < -0.4 is 10.1 Å². The van der Waals surface area contributed by atoms with Gasteiger partial charge in [0.1, 0.15) is 5.75 Å². The first-order chi connectivity index (χ1) is 9.95. The molecule has 0 unspecified atom stereocenters. The molecule has 0 spiro atoms. The van der Waals surface area contributed by atoms with Gasteiger partial charge in [-0.15, -0.1) is 0 Å². The number of halogens is 3. The van der Waals surface area contributed by atoms with Crippen LogP contribution in [0.1, 0.15) is 5.56 Å². The fourth-order valence-electron chi connectivity index (χ4n) is 1.64. The smallest absolute Gasteiger partial charge is 0.262 e. The van der Waals surface area contributed by atoms with Crippen molar-refractivity contribution in [2.75, 3.05) is 11.9 Å². The Hall–Kier alpha value is -1.04. The Morgan fingerprint density at radius 3 is 2.67 bits per heavy atom. The number of amides is 1. The molecular weight excluding hydrogens is 421 g/mol. The molecule has 3 nitrogen and oxygen atoms in total. The fourth-order valence-corrected chi connectivity index (χ4v) is 2.96. The Balaban J connectivity index is 1.96. The number of aryl methyl sites for hydroxylation is 1. The van der Waals surface area contributed by atoms with E-state index in [2.05, 4.69) is 37.2 Å². The maximum Gasteiger partial charge on any atom is 0.262 e. The maximum atomic E-state index is 11.9. The quantitative estimate of drug-likeness (QED) is 0.721. The second-order valence-corrected chi connectivity index (χ2v) is 6.57. The SMILES string of the molecule is Cc1ccc(NC(=O)COc2ccc(Br)cc2Cl)c(Br)c1. The van der Waals surface area contributed by atoms with Crippen LogP contribution >= 0.6 is 43.5 Å². The normalized spacial score (nSPS) is 10.3. The lowest BCUT2D eigenvalue weighted by molar-refractivity contribution is -0.118. The topological polar surface area (TPSA) is 38.3 Å². The summed E-state index contributed by atoms with van der Waals surface area (Å²) in [6.07, 6.45) is 0. The molecule has 0 saturated heterocycles. The molecule has 0 aliphatic carbocycles. The van der Waals surface area contributed by atoms with E-state index < -0.39 is 0 Å². The van der Waals surface area contributed by atoms with Crippen LogP contribution in [0.15, 0.2) is 45.3 Å². The molecule has 0 fully saturated rings. The van der Waals surface area contributed by atoms with E-state index in [1.54, 1.807) is 18.2 Å². The maximum absolute atomic E-state index is 11.9. The number of carbonyl (C=O) groups is 1. The molecule has 0 aromatic heterocycles. The number of carbonyl (C=O) groups excluding carboxylic acids is 1. The summed E-state index contributed by atoms with van der Waals surface area (Å²) >= 11 is 12.7. The Bertz CT molecular complexity index is 677. The lowest BCUT2D eigenvalue weighted by Crippen LogP contribution is -2.20. The monoisotopic (exact) mass is 431 g/mol. The molecule has 21 heavy (non-hydrogen) atoms. The van der Waals surface area contributed by atoms with Gasteiger partial charge in [0.05, 0.1) is 10.7 Å². The Morgan fingerprint density at radius 1 is 1.24 bits per heavy atom. The van der Waals surface area contributed by atoms with E-state index in [-0.39, 0.29) is 12.5 Å². The zero-order chi connectivity index (χ0) is 15.4. The third-order valence-corrected chi connectivity index (χ3v) is 4.10. The van der Waals surface area contributed by atoms with Crippen LogP contribution in [0.3, 0.4) is 0 Å². The second kappa shape index (κ2) is 7.29. The third-order valence-electron chi connectivity index (χ3n) is 2.65. The zero-order valence-corrected chi connectivity index (χ0v) is 15.0. The van der Waals surface area contributed by atoms with E-state index >= 15 is 0 Å². The third kappa shape index (κ3) is 4.73. The van der Waals surface area contributed by atoms with E-state index in [1.165, 1.54) is 0 Å². The van der Waals surface area contributed by atoms with Gasteiger partial charge in [0.15, 0.2) is 6.61 Å². The molecule has 0 bridgehead atoms. The summed E-state index contributed by atoms with van der Waals surface area (Å²) in [7, 11) is 0. The van der Waals surface area contributed by atoms with Crippen molar-refractivity contribution in [1.82, 2.24) is 0 Å². The highest BCUT2D eigenvalue weighted by atomic mass is 79.9. The van der Waals surface area contributed by atoms with Crippen LogP contribution in [-0.4, -0.2) is 12.5 Å². The van der Waals surface area contributed by atoms with Crippen LogP contribution in [0.5, 0.6) is 5.75 Å². The van der Waals surface area contributed by atoms with Crippen LogP contribution in [0.4, 0.5) is 5.69 Å². The van der Waals surface area contributed by atoms with Gasteiger partial charge in [0.25, 0.3) is 5.91 Å². The molecule has 6 heteroatoms. The molecule has 0 aliphatic rings. The second-order valence-electron chi connectivity index (χ2n) is 4.39. The van der Waals surface area contributed by atoms with E-state index in [4.69, 9.17) is 16.3 Å². The number of hydrogen-bond donors (Lipinski definition) is 1. The van der Waals surface area contributed by atoms with Crippen molar-refractivity contribution in [3.05, 3.63) is 55.9 Å². The van der Waals surface area contributed by atoms with Gasteiger partial charge in [-0.05, 0) is 58.7 Å². The minimum atomic E-state index is -0.251. The van der Waals surface area contributed by atoms with Crippen molar-refractivity contribution < 1.29 is 9.53 Å². The van der Waals surface area contributed by atoms with E-state index in [0.29, 0.717) is 16.5 Å². The number of benzene rings is 2. The number of nitrogens with one attached hydrogen (secondary N) is 1. The average Bonchev–Trinajstić information content (AvgIpc) is 2.41. The van der Waals surface area contributed by atoms with Crippen molar-refractivity contribution in [3.8, 4) is 5.75 Å². The number of anilines is 1. The highest BCUT2D eigenvalue weighted by Gasteiger charge is 2.08. The lowest BCUT2D eigenvalue weighted by Gasteiger charge is -2.10. The van der Waals surface area contributed by atoms with Gasteiger partial charge in [-0.3, -0.25) is 4.79 Å². The molecular formula is C15H12Br2ClNO2. The molecule has 0 heterocycles. The summed E-state index contributed by atoms with van der Waals surface area (Å²) in [5, 5.41) is 3.23. The van der Waals surface area contributed by atoms with Crippen LogP contribution in [0.25, 0.3) is 0 Å². The predicted octanol–water partition coefficient (Wildman–Crippen LogP) is 5.19. The van der Waals surface area contributed by atoms with Crippen LogP contribution in [-0.2, 0) is 4.79 Å². The Morgan fingerprint density at radius 2 is 2.00 bits per heavy atom. The molecule has 2 rings (SSSR count). The number of hydrogen-bond acceptors (Lipinski definition) is 2. The van der Waals surface area contributed by atoms with Crippen molar-refractivity contribution in [2.24, 2.45) is 0 Å². The van der Waals surface area contributed by atoms with Crippen molar-refractivity contribution in [1.29, 1.82) is 0 Å². The van der Waals surface area contributed by atoms with E-state index in [9.17, 15) is 4.79 Å². The van der Waals surface area contributed by atoms with Gasteiger partial charge in [-0.25, -0.2) is 0 Å². The van der Waals surface area contributed by atoms with Crippen molar-refractivity contribution in [2.45, 2.75) is 6.92 Å². The number of rotatable bonds is 4. The molecule has 2 aromatic rings. The Kier molecular flexibility index (Phi) is 5.67. The molecule has 0 radical (unpaired) electrons. The molecule has 1 amide bonds. The number of ether oxygens (including phenoxy) is 1. The van der Waals surface area contributed by atoms with Gasteiger partial charge in [-0.2, -0.15) is 0 Å². The van der Waals surface area contributed by atoms with Crippen molar-refractivity contribution in [3.63, 3.8) is 0 Å². The highest BCUT2D eigenvalue weighted by molar-refractivity contribution is 9.10. The zero-order valence-electron chi connectivity index (χ0n) is 11.1. The summed E-state index contributed by atoms with van der Waals surface area (Å²) in [5.74, 6) is 0.219. The highest BCUT2D eigenvalue weighted by Crippen LogP contribution is 2.28. The van der Waals surface area contributed by atoms with Gasteiger partial charge >= 0.3 is 0 Å². The molecule has 0 aliphatic heterocycles.